The normalized spacial score (nSPS) is 10.0. The van der Waals surface area contributed by atoms with Gasteiger partial charge in [-0.2, -0.15) is 0 Å². The number of nitrogens with zero attached hydrogens (tertiary/aromatic N) is 1. The van der Waals surface area contributed by atoms with E-state index in [1.807, 2.05) is 36.4 Å². The van der Waals surface area contributed by atoms with Gasteiger partial charge in [0.15, 0.2) is 0 Å². The van der Waals surface area contributed by atoms with Crippen LogP contribution in [0.25, 0.3) is 0 Å². The second-order valence-electron chi connectivity index (χ2n) is 4.77. The molecular weight excluding hydrogens is 278 g/mol. The molecule has 1 aromatic heterocycles. The zero-order valence-corrected chi connectivity index (χ0v) is 12.7. The van der Waals surface area contributed by atoms with E-state index >= 15 is 0 Å². The Kier molecular flexibility index (Phi) is 6.23. The highest BCUT2D eigenvalue weighted by Crippen LogP contribution is 2.17. The minimum atomic E-state index is -0.204. The summed E-state index contributed by atoms with van der Waals surface area (Å²) in [6.45, 7) is 3.47. The molecule has 2 amide bonds. The molecule has 116 valence electrons. The van der Waals surface area contributed by atoms with Crippen molar-refractivity contribution in [2.24, 2.45) is 0 Å². The molecule has 0 atom stereocenters. The van der Waals surface area contributed by atoms with E-state index in [-0.39, 0.29) is 6.03 Å². The largest absolute Gasteiger partial charge is 0.491 e. The molecule has 0 aliphatic rings. The zero-order valence-electron chi connectivity index (χ0n) is 12.7. The van der Waals surface area contributed by atoms with Crippen LogP contribution in [-0.4, -0.2) is 24.2 Å². The van der Waals surface area contributed by atoms with Crippen LogP contribution in [0, 0.1) is 0 Å². The Labute approximate surface area is 130 Å². The second-order valence-corrected chi connectivity index (χ2v) is 4.77. The number of ether oxygens (including phenoxy) is 1. The molecule has 0 aliphatic carbocycles. The lowest BCUT2D eigenvalue weighted by Gasteiger charge is -2.11. The smallest absolute Gasteiger partial charge is 0.315 e. The van der Waals surface area contributed by atoms with Crippen LogP contribution in [0.5, 0.6) is 5.75 Å². The third-order valence-corrected chi connectivity index (χ3v) is 3.20. The summed E-state index contributed by atoms with van der Waals surface area (Å²) in [6, 6.07) is 11.5. The lowest BCUT2D eigenvalue weighted by Crippen LogP contribution is -2.37. The number of hydrogen-bond donors (Lipinski definition) is 2. The van der Waals surface area contributed by atoms with Crippen LogP contribution in [0.3, 0.4) is 0 Å². The maximum absolute atomic E-state index is 11.7. The number of aryl methyl sites for hydroxylation is 1. The first-order valence-electron chi connectivity index (χ1n) is 7.41. The van der Waals surface area contributed by atoms with Gasteiger partial charge in [-0.25, -0.2) is 4.79 Å². The molecule has 2 N–H and O–H groups in total. The van der Waals surface area contributed by atoms with Crippen molar-refractivity contribution < 1.29 is 9.53 Å². The Morgan fingerprint density at radius 1 is 1.14 bits per heavy atom. The summed E-state index contributed by atoms with van der Waals surface area (Å²) >= 11 is 0. The fourth-order valence-electron chi connectivity index (χ4n) is 2.01. The summed E-state index contributed by atoms with van der Waals surface area (Å²) in [4.78, 5) is 15.6. The number of nitrogens with one attached hydrogen (secondary N) is 2. The first kappa shape index (κ1) is 15.8. The summed E-state index contributed by atoms with van der Waals surface area (Å²) in [5.74, 6) is 0.879. The van der Waals surface area contributed by atoms with Crippen molar-refractivity contribution in [1.29, 1.82) is 0 Å². The standard InChI is InChI=1S/C17H21N3O2/c1-2-15-5-3-4-6-16(15)22-12-11-19-17(21)20-13-14-7-9-18-10-8-14/h3-10H,2,11-13H2,1H3,(H2,19,20,21). The van der Waals surface area contributed by atoms with Gasteiger partial charge in [-0.1, -0.05) is 25.1 Å². The van der Waals surface area contributed by atoms with Gasteiger partial charge < -0.3 is 15.4 Å². The number of aromatic nitrogens is 1. The Balaban J connectivity index is 1.65. The molecule has 0 radical (unpaired) electrons. The minimum absolute atomic E-state index is 0.204. The molecule has 0 saturated carbocycles. The van der Waals surface area contributed by atoms with E-state index in [1.54, 1.807) is 12.4 Å². The fourth-order valence-corrected chi connectivity index (χ4v) is 2.01. The molecule has 22 heavy (non-hydrogen) atoms. The van der Waals surface area contributed by atoms with Crippen LogP contribution in [0.2, 0.25) is 0 Å². The van der Waals surface area contributed by atoms with Gasteiger partial charge in [-0.3, -0.25) is 4.98 Å². The molecule has 0 saturated heterocycles. The molecule has 5 heteroatoms. The van der Waals surface area contributed by atoms with Gasteiger partial charge in [0.25, 0.3) is 0 Å². The number of pyridine rings is 1. The molecule has 0 spiro atoms. The number of carbonyl (C=O) groups is 1. The van der Waals surface area contributed by atoms with Crippen molar-refractivity contribution in [2.75, 3.05) is 13.2 Å². The summed E-state index contributed by atoms with van der Waals surface area (Å²) in [5, 5.41) is 5.56. The van der Waals surface area contributed by atoms with E-state index in [1.165, 1.54) is 5.56 Å². The lowest BCUT2D eigenvalue weighted by atomic mass is 10.1. The van der Waals surface area contributed by atoms with E-state index in [9.17, 15) is 4.79 Å². The maximum Gasteiger partial charge on any atom is 0.315 e. The predicted octanol–water partition coefficient (Wildman–Crippen LogP) is 2.52. The SMILES string of the molecule is CCc1ccccc1OCCNC(=O)NCc1ccncc1. The number of benzene rings is 1. The Morgan fingerprint density at radius 2 is 1.91 bits per heavy atom. The molecule has 1 aromatic carbocycles. The molecule has 0 fully saturated rings. The van der Waals surface area contributed by atoms with Crippen molar-refractivity contribution >= 4 is 6.03 Å². The second kappa shape index (κ2) is 8.67. The average molecular weight is 299 g/mol. The molecular formula is C17H21N3O2. The number of rotatable bonds is 7. The lowest BCUT2D eigenvalue weighted by molar-refractivity contribution is 0.236. The Hall–Kier alpha value is -2.56. The highest BCUT2D eigenvalue weighted by atomic mass is 16.5. The van der Waals surface area contributed by atoms with Crippen molar-refractivity contribution in [1.82, 2.24) is 15.6 Å². The molecule has 0 bridgehead atoms. The van der Waals surface area contributed by atoms with Crippen molar-refractivity contribution in [2.45, 2.75) is 19.9 Å². The predicted molar refractivity (Wildman–Crippen MR) is 85.8 cm³/mol. The van der Waals surface area contributed by atoms with Crippen molar-refractivity contribution in [3.8, 4) is 5.75 Å². The van der Waals surface area contributed by atoms with Gasteiger partial charge in [-0.15, -0.1) is 0 Å². The highest BCUT2D eigenvalue weighted by molar-refractivity contribution is 5.73. The number of para-hydroxylation sites is 1. The Morgan fingerprint density at radius 3 is 2.68 bits per heavy atom. The molecule has 2 rings (SSSR count). The van der Waals surface area contributed by atoms with Gasteiger partial charge in [0.05, 0.1) is 6.54 Å². The van der Waals surface area contributed by atoms with Crippen LogP contribution in [0.4, 0.5) is 4.79 Å². The molecule has 5 nitrogen and oxygen atoms in total. The van der Waals surface area contributed by atoms with Gasteiger partial charge in [0, 0.05) is 18.9 Å². The van der Waals surface area contributed by atoms with Gasteiger partial charge >= 0.3 is 6.03 Å². The number of hydrogen-bond acceptors (Lipinski definition) is 3. The third-order valence-electron chi connectivity index (χ3n) is 3.20. The van der Waals surface area contributed by atoms with E-state index < -0.39 is 0 Å². The summed E-state index contributed by atoms with van der Waals surface area (Å²) in [5.41, 5.74) is 2.18. The number of urea groups is 1. The van der Waals surface area contributed by atoms with Crippen LogP contribution in [0.1, 0.15) is 18.1 Å². The quantitative estimate of drug-likeness (QED) is 0.772. The number of carbonyl (C=O) groups excluding carboxylic acids is 1. The summed E-state index contributed by atoms with van der Waals surface area (Å²) < 4.78 is 5.69. The third kappa shape index (κ3) is 5.09. The summed E-state index contributed by atoms with van der Waals surface area (Å²) in [6.07, 6.45) is 4.33. The van der Waals surface area contributed by atoms with Crippen LogP contribution >= 0.6 is 0 Å². The fraction of sp³-hybridized carbons (Fsp3) is 0.294. The van der Waals surface area contributed by atoms with E-state index in [2.05, 4.69) is 22.5 Å². The highest BCUT2D eigenvalue weighted by Gasteiger charge is 2.02. The first-order chi connectivity index (χ1) is 10.8. The zero-order chi connectivity index (χ0) is 15.6. The Bertz CT molecular complexity index is 587. The molecule has 0 unspecified atom stereocenters. The van der Waals surface area contributed by atoms with Gasteiger partial charge in [0.2, 0.25) is 0 Å². The average Bonchev–Trinajstić information content (AvgIpc) is 2.58. The van der Waals surface area contributed by atoms with Crippen molar-refractivity contribution in [3.05, 3.63) is 59.9 Å². The molecule has 1 heterocycles. The number of amides is 2. The topological polar surface area (TPSA) is 63.2 Å². The van der Waals surface area contributed by atoms with Gasteiger partial charge in [-0.05, 0) is 35.7 Å². The van der Waals surface area contributed by atoms with Crippen LogP contribution in [-0.2, 0) is 13.0 Å². The van der Waals surface area contributed by atoms with Gasteiger partial charge in [0.1, 0.15) is 12.4 Å². The molecule has 2 aromatic rings. The maximum atomic E-state index is 11.7. The van der Waals surface area contributed by atoms with E-state index in [0.29, 0.717) is 19.7 Å². The van der Waals surface area contributed by atoms with Crippen molar-refractivity contribution in [3.63, 3.8) is 0 Å². The van der Waals surface area contributed by atoms with E-state index in [0.717, 1.165) is 17.7 Å². The van der Waals surface area contributed by atoms with E-state index in [4.69, 9.17) is 4.74 Å². The van der Waals surface area contributed by atoms with Crippen LogP contribution in [0.15, 0.2) is 48.8 Å². The summed E-state index contributed by atoms with van der Waals surface area (Å²) in [7, 11) is 0. The molecule has 0 aliphatic heterocycles. The first-order valence-corrected chi connectivity index (χ1v) is 7.41. The minimum Gasteiger partial charge on any atom is -0.491 e. The van der Waals surface area contributed by atoms with Crippen LogP contribution < -0.4 is 15.4 Å². The monoisotopic (exact) mass is 299 g/mol.